The van der Waals surface area contributed by atoms with E-state index in [1.807, 2.05) is 18.3 Å². The van der Waals surface area contributed by atoms with Crippen molar-refractivity contribution >= 4 is 0 Å². The lowest BCUT2D eigenvalue weighted by molar-refractivity contribution is 0.203. The SMILES string of the molecule is c1cc(-c2ccc(OCCCN3CCCCC3)cc2)cc(OCCCN2CCCCC2)n1. The molecular formula is C27H39N3O2. The van der Waals surface area contributed by atoms with Gasteiger partial charge in [-0.05, 0) is 94.0 Å². The topological polar surface area (TPSA) is 37.8 Å². The van der Waals surface area contributed by atoms with Gasteiger partial charge in [-0.2, -0.15) is 0 Å². The Morgan fingerprint density at radius 2 is 1.25 bits per heavy atom. The Kier molecular flexibility index (Phi) is 9.23. The Morgan fingerprint density at radius 3 is 1.88 bits per heavy atom. The molecule has 0 bridgehead atoms. The molecule has 4 rings (SSSR count). The fourth-order valence-corrected chi connectivity index (χ4v) is 4.72. The molecule has 1 aromatic heterocycles. The molecule has 0 N–H and O–H groups in total. The minimum Gasteiger partial charge on any atom is -0.494 e. The van der Waals surface area contributed by atoms with Crippen molar-refractivity contribution in [3.8, 4) is 22.8 Å². The standard InChI is InChI=1S/C27H39N3O2/c1-3-15-29(16-4-1)19-7-21-31-26-11-9-24(10-12-26)25-13-14-28-27(23-25)32-22-8-20-30-17-5-2-6-18-30/h9-14,23H,1-8,15-22H2. The lowest BCUT2D eigenvalue weighted by Gasteiger charge is -2.26. The minimum atomic E-state index is 0.708. The molecule has 1 aromatic carbocycles. The molecule has 0 radical (unpaired) electrons. The van der Waals surface area contributed by atoms with E-state index in [2.05, 4.69) is 39.0 Å². The molecule has 2 saturated heterocycles. The Hall–Kier alpha value is -2.11. The average Bonchev–Trinajstić information content (AvgIpc) is 2.86. The quantitative estimate of drug-likeness (QED) is 0.449. The average molecular weight is 438 g/mol. The van der Waals surface area contributed by atoms with Gasteiger partial charge in [0, 0.05) is 25.4 Å². The Morgan fingerprint density at radius 1 is 0.656 bits per heavy atom. The molecule has 2 aliphatic rings. The summed E-state index contributed by atoms with van der Waals surface area (Å²) in [5.41, 5.74) is 2.29. The van der Waals surface area contributed by atoms with Crippen molar-refractivity contribution in [3.05, 3.63) is 42.6 Å². The van der Waals surface area contributed by atoms with Crippen LogP contribution < -0.4 is 9.47 Å². The van der Waals surface area contributed by atoms with E-state index in [1.165, 1.54) is 64.7 Å². The molecule has 0 aliphatic carbocycles. The number of benzene rings is 1. The summed E-state index contributed by atoms with van der Waals surface area (Å²) in [5, 5.41) is 0. The molecule has 5 nitrogen and oxygen atoms in total. The number of aromatic nitrogens is 1. The van der Waals surface area contributed by atoms with Gasteiger partial charge in [0.25, 0.3) is 0 Å². The fourth-order valence-electron chi connectivity index (χ4n) is 4.72. The van der Waals surface area contributed by atoms with E-state index >= 15 is 0 Å². The highest BCUT2D eigenvalue weighted by atomic mass is 16.5. The van der Waals surface area contributed by atoms with Gasteiger partial charge in [0.05, 0.1) is 13.2 Å². The Balaban J connectivity index is 1.18. The number of nitrogens with zero attached hydrogens (tertiary/aromatic N) is 3. The lowest BCUT2D eigenvalue weighted by Crippen LogP contribution is -2.31. The summed E-state index contributed by atoms with van der Waals surface area (Å²) in [6.07, 6.45) is 12.1. The van der Waals surface area contributed by atoms with Crippen LogP contribution in [0.25, 0.3) is 11.1 Å². The third-order valence-corrected chi connectivity index (χ3v) is 6.58. The van der Waals surface area contributed by atoms with Gasteiger partial charge < -0.3 is 19.3 Å². The molecule has 2 aromatic rings. The van der Waals surface area contributed by atoms with Gasteiger partial charge in [-0.15, -0.1) is 0 Å². The van der Waals surface area contributed by atoms with E-state index in [1.54, 1.807) is 0 Å². The van der Waals surface area contributed by atoms with Crippen LogP contribution in [0.1, 0.15) is 51.4 Å². The van der Waals surface area contributed by atoms with Crippen LogP contribution >= 0.6 is 0 Å². The van der Waals surface area contributed by atoms with Crippen molar-refractivity contribution in [2.75, 3.05) is 52.5 Å². The first-order chi connectivity index (χ1) is 15.9. The number of piperidine rings is 2. The second kappa shape index (κ2) is 12.8. The van der Waals surface area contributed by atoms with Gasteiger partial charge in [-0.1, -0.05) is 25.0 Å². The highest BCUT2D eigenvalue weighted by Crippen LogP contribution is 2.25. The van der Waals surface area contributed by atoms with Crippen molar-refractivity contribution in [2.24, 2.45) is 0 Å². The van der Waals surface area contributed by atoms with Crippen molar-refractivity contribution < 1.29 is 9.47 Å². The van der Waals surface area contributed by atoms with Crippen LogP contribution in [0.3, 0.4) is 0 Å². The Labute approximate surface area is 193 Å². The number of ether oxygens (including phenoxy) is 2. The van der Waals surface area contributed by atoms with E-state index < -0.39 is 0 Å². The van der Waals surface area contributed by atoms with Crippen LogP contribution in [-0.2, 0) is 0 Å². The predicted octanol–water partition coefficient (Wildman–Crippen LogP) is 5.26. The van der Waals surface area contributed by atoms with E-state index in [9.17, 15) is 0 Å². The van der Waals surface area contributed by atoms with E-state index in [0.717, 1.165) is 56.0 Å². The van der Waals surface area contributed by atoms with Crippen molar-refractivity contribution in [3.63, 3.8) is 0 Å². The molecule has 0 atom stereocenters. The van der Waals surface area contributed by atoms with Crippen LogP contribution in [0.15, 0.2) is 42.6 Å². The van der Waals surface area contributed by atoms with Crippen LogP contribution in [0.2, 0.25) is 0 Å². The molecule has 174 valence electrons. The van der Waals surface area contributed by atoms with Crippen LogP contribution in [0.5, 0.6) is 11.6 Å². The molecule has 0 spiro atoms. The highest BCUT2D eigenvalue weighted by molar-refractivity contribution is 5.64. The fraction of sp³-hybridized carbons (Fsp3) is 0.593. The molecule has 0 unspecified atom stereocenters. The molecule has 32 heavy (non-hydrogen) atoms. The molecular weight excluding hydrogens is 398 g/mol. The van der Waals surface area contributed by atoms with E-state index in [0.29, 0.717) is 5.88 Å². The van der Waals surface area contributed by atoms with Crippen molar-refractivity contribution in [1.82, 2.24) is 14.8 Å². The predicted molar refractivity (Wildman–Crippen MR) is 130 cm³/mol. The van der Waals surface area contributed by atoms with Crippen LogP contribution in [-0.4, -0.2) is 67.3 Å². The zero-order valence-electron chi connectivity index (χ0n) is 19.5. The first kappa shape index (κ1) is 23.1. The summed E-state index contributed by atoms with van der Waals surface area (Å²) in [5.74, 6) is 1.65. The molecule has 0 saturated carbocycles. The maximum Gasteiger partial charge on any atom is 0.213 e. The molecule has 5 heteroatoms. The number of hydrogen-bond donors (Lipinski definition) is 0. The second-order valence-corrected chi connectivity index (χ2v) is 9.12. The third kappa shape index (κ3) is 7.49. The van der Waals surface area contributed by atoms with Crippen molar-refractivity contribution in [1.29, 1.82) is 0 Å². The van der Waals surface area contributed by atoms with Crippen LogP contribution in [0, 0.1) is 0 Å². The van der Waals surface area contributed by atoms with Gasteiger partial charge in [-0.25, -0.2) is 4.98 Å². The second-order valence-electron chi connectivity index (χ2n) is 9.12. The summed E-state index contributed by atoms with van der Waals surface area (Å²) < 4.78 is 11.9. The smallest absolute Gasteiger partial charge is 0.213 e. The first-order valence-electron chi connectivity index (χ1n) is 12.6. The van der Waals surface area contributed by atoms with Gasteiger partial charge in [0.15, 0.2) is 0 Å². The normalized spacial score (nSPS) is 17.9. The zero-order chi connectivity index (χ0) is 21.8. The summed E-state index contributed by atoms with van der Waals surface area (Å²) in [4.78, 5) is 9.50. The Bertz CT molecular complexity index is 784. The third-order valence-electron chi connectivity index (χ3n) is 6.58. The van der Waals surface area contributed by atoms with Gasteiger partial charge in [0.1, 0.15) is 5.75 Å². The largest absolute Gasteiger partial charge is 0.494 e. The minimum absolute atomic E-state index is 0.708. The van der Waals surface area contributed by atoms with Crippen molar-refractivity contribution in [2.45, 2.75) is 51.4 Å². The number of likely N-dealkylation sites (tertiary alicyclic amines) is 2. The van der Waals surface area contributed by atoms with Gasteiger partial charge in [-0.3, -0.25) is 0 Å². The molecule has 0 amide bonds. The molecule has 3 heterocycles. The van der Waals surface area contributed by atoms with E-state index in [4.69, 9.17) is 9.47 Å². The number of pyridine rings is 1. The number of rotatable bonds is 11. The maximum atomic E-state index is 5.96. The van der Waals surface area contributed by atoms with E-state index in [-0.39, 0.29) is 0 Å². The summed E-state index contributed by atoms with van der Waals surface area (Å²) >= 11 is 0. The first-order valence-corrected chi connectivity index (χ1v) is 12.6. The maximum absolute atomic E-state index is 5.96. The highest BCUT2D eigenvalue weighted by Gasteiger charge is 2.10. The molecule has 2 aliphatic heterocycles. The summed E-state index contributed by atoms with van der Waals surface area (Å²) in [6, 6.07) is 12.4. The molecule has 2 fully saturated rings. The van der Waals surface area contributed by atoms with Crippen LogP contribution in [0.4, 0.5) is 0 Å². The van der Waals surface area contributed by atoms with Gasteiger partial charge in [0.2, 0.25) is 5.88 Å². The lowest BCUT2D eigenvalue weighted by atomic mass is 10.1. The zero-order valence-corrected chi connectivity index (χ0v) is 19.5. The monoisotopic (exact) mass is 437 g/mol. The number of hydrogen-bond acceptors (Lipinski definition) is 5. The van der Waals surface area contributed by atoms with Gasteiger partial charge >= 0.3 is 0 Å². The summed E-state index contributed by atoms with van der Waals surface area (Å²) in [6.45, 7) is 8.76. The summed E-state index contributed by atoms with van der Waals surface area (Å²) in [7, 11) is 0.